The Kier molecular flexibility index (Phi) is 3.99. The first kappa shape index (κ1) is 14.0. The van der Waals surface area contributed by atoms with Crippen molar-refractivity contribution in [3.63, 3.8) is 0 Å². The first-order valence-corrected chi connectivity index (χ1v) is 7.00. The van der Waals surface area contributed by atoms with Gasteiger partial charge in [-0.1, -0.05) is 35.4 Å². The molecule has 1 aromatic heterocycles. The average molecular weight is 293 g/mol. The van der Waals surface area contributed by atoms with Crippen LogP contribution in [0.3, 0.4) is 0 Å². The highest BCUT2D eigenvalue weighted by Crippen LogP contribution is 2.29. The fourth-order valence-corrected chi connectivity index (χ4v) is 2.20. The van der Waals surface area contributed by atoms with Crippen LogP contribution in [0.5, 0.6) is 5.75 Å². The molecule has 0 spiro atoms. The van der Waals surface area contributed by atoms with Crippen LogP contribution in [0.25, 0.3) is 21.4 Å². The zero-order valence-corrected chi connectivity index (χ0v) is 12.1. The molecule has 3 aromatic rings. The van der Waals surface area contributed by atoms with Gasteiger partial charge in [0.2, 0.25) is 0 Å². The zero-order valence-electron chi connectivity index (χ0n) is 12.1. The predicted octanol–water partition coefficient (Wildman–Crippen LogP) is 5.38. The van der Waals surface area contributed by atoms with E-state index in [4.69, 9.17) is 14.7 Å². The lowest BCUT2D eigenvalue weighted by molar-refractivity contribution is 0.306. The van der Waals surface area contributed by atoms with Crippen molar-refractivity contribution in [3.8, 4) is 5.75 Å². The van der Waals surface area contributed by atoms with Gasteiger partial charge < -0.3 is 9.15 Å². The largest absolute Gasteiger partial charge is 0.489 e. The number of benzene rings is 2. The maximum Gasteiger partial charge on any atom is 0.137 e. The lowest BCUT2D eigenvalue weighted by atomic mass is 10.2. The van der Waals surface area contributed by atoms with E-state index in [0.717, 1.165) is 22.3 Å². The Morgan fingerprint density at radius 1 is 1.18 bits per heavy atom. The van der Waals surface area contributed by atoms with Crippen molar-refractivity contribution in [2.45, 2.75) is 19.6 Å². The van der Waals surface area contributed by atoms with Gasteiger partial charge in [0.05, 0.1) is 6.04 Å². The summed E-state index contributed by atoms with van der Waals surface area (Å²) < 4.78 is 11.5. The van der Waals surface area contributed by atoms with Crippen molar-refractivity contribution in [1.29, 1.82) is 0 Å². The summed E-state index contributed by atoms with van der Waals surface area (Å²) in [5, 5.41) is 4.60. The maximum absolute atomic E-state index is 8.49. The summed E-state index contributed by atoms with van der Waals surface area (Å²) in [7, 11) is 0. The van der Waals surface area contributed by atoms with E-state index >= 15 is 0 Å². The van der Waals surface area contributed by atoms with Crippen LogP contribution in [-0.4, -0.2) is 0 Å². The molecular weight excluding hydrogens is 278 g/mol. The molecule has 0 N–H and O–H groups in total. The quantitative estimate of drug-likeness (QED) is 0.360. The van der Waals surface area contributed by atoms with E-state index in [0.29, 0.717) is 12.4 Å². The highest BCUT2D eigenvalue weighted by molar-refractivity contribution is 5.79. The van der Waals surface area contributed by atoms with Crippen LogP contribution in [0, 0.1) is 0 Å². The molecule has 0 saturated heterocycles. The number of fused-ring (bicyclic) bond motifs is 1. The molecule has 0 aliphatic heterocycles. The SMILES string of the molecule is CC(N=[N+]=[N-])c1cc2ccc(OCc3ccccc3)cc2o1. The van der Waals surface area contributed by atoms with Crippen molar-refractivity contribution in [2.75, 3.05) is 0 Å². The molecule has 0 fully saturated rings. The van der Waals surface area contributed by atoms with E-state index in [1.807, 2.05) is 54.6 Å². The first-order chi connectivity index (χ1) is 10.8. The van der Waals surface area contributed by atoms with Crippen molar-refractivity contribution >= 4 is 11.0 Å². The summed E-state index contributed by atoms with van der Waals surface area (Å²) in [6, 6.07) is 17.2. The molecule has 3 rings (SSSR count). The van der Waals surface area contributed by atoms with Gasteiger partial charge in [-0.25, -0.2) is 0 Å². The Bertz CT molecular complexity index is 820. The minimum atomic E-state index is -0.328. The summed E-state index contributed by atoms with van der Waals surface area (Å²) in [5.74, 6) is 1.39. The van der Waals surface area contributed by atoms with Crippen molar-refractivity contribution in [1.82, 2.24) is 0 Å². The third-order valence-corrected chi connectivity index (χ3v) is 3.40. The molecule has 5 nitrogen and oxygen atoms in total. The topological polar surface area (TPSA) is 71.1 Å². The molecule has 0 aliphatic carbocycles. The summed E-state index contributed by atoms with van der Waals surface area (Å²) in [6.45, 7) is 2.30. The number of rotatable bonds is 5. The molecule has 1 atom stereocenters. The van der Waals surface area contributed by atoms with E-state index in [2.05, 4.69) is 10.0 Å². The lowest BCUT2D eigenvalue weighted by Crippen LogP contribution is -1.94. The van der Waals surface area contributed by atoms with Gasteiger partial charge in [0.25, 0.3) is 0 Å². The third kappa shape index (κ3) is 3.05. The minimum Gasteiger partial charge on any atom is -0.489 e. The summed E-state index contributed by atoms with van der Waals surface area (Å²) >= 11 is 0. The minimum absolute atomic E-state index is 0.328. The Hall–Kier alpha value is -2.91. The highest BCUT2D eigenvalue weighted by atomic mass is 16.5. The Balaban J connectivity index is 1.79. The number of azide groups is 1. The van der Waals surface area contributed by atoms with E-state index < -0.39 is 0 Å². The fourth-order valence-electron chi connectivity index (χ4n) is 2.20. The van der Waals surface area contributed by atoms with Gasteiger partial charge in [0.1, 0.15) is 23.7 Å². The number of hydrogen-bond acceptors (Lipinski definition) is 3. The van der Waals surface area contributed by atoms with Crippen molar-refractivity contribution in [3.05, 3.63) is 76.4 Å². The van der Waals surface area contributed by atoms with Gasteiger partial charge in [0.15, 0.2) is 0 Å². The van der Waals surface area contributed by atoms with Gasteiger partial charge in [0, 0.05) is 16.4 Å². The van der Waals surface area contributed by atoms with Crippen molar-refractivity contribution < 1.29 is 9.15 Å². The van der Waals surface area contributed by atoms with E-state index in [9.17, 15) is 0 Å². The second-order valence-electron chi connectivity index (χ2n) is 5.00. The molecule has 1 heterocycles. The Labute approximate surface area is 127 Å². The smallest absolute Gasteiger partial charge is 0.137 e. The van der Waals surface area contributed by atoms with Crippen LogP contribution >= 0.6 is 0 Å². The zero-order chi connectivity index (χ0) is 15.4. The Morgan fingerprint density at radius 2 is 2.00 bits per heavy atom. The van der Waals surface area contributed by atoms with Gasteiger partial charge in [-0.05, 0) is 36.2 Å². The standard InChI is InChI=1S/C17H15N3O2/c1-12(19-20-18)16-9-14-7-8-15(10-17(14)22-16)21-11-13-5-3-2-4-6-13/h2-10,12H,11H2,1H3. The van der Waals surface area contributed by atoms with E-state index in [1.54, 1.807) is 6.92 Å². The van der Waals surface area contributed by atoms with Crippen LogP contribution in [0.4, 0.5) is 0 Å². The molecule has 2 aromatic carbocycles. The molecular formula is C17H15N3O2. The predicted molar refractivity (Wildman–Crippen MR) is 84.5 cm³/mol. The van der Waals surface area contributed by atoms with Crippen LogP contribution in [0.15, 0.2) is 64.1 Å². The molecule has 110 valence electrons. The number of furan rings is 1. The molecule has 1 unspecified atom stereocenters. The van der Waals surface area contributed by atoms with Gasteiger partial charge in [-0.2, -0.15) is 0 Å². The van der Waals surface area contributed by atoms with E-state index in [-0.39, 0.29) is 6.04 Å². The molecule has 0 amide bonds. The number of ether oxygens (including phenoxy) is 1. The second kappa shape index (κ2) is 6.24. The van der Waals surface area contributed by atoms with E-state index in [1.165, 1.54) is 0 Å². The molecule has 0 bridgehead atoms. The first-order valence-electron chi connectivity index (χ1n) is 7.00. The summed E-state index contributed by atoms with van der Waals surface area (Å²) in [4.78, 5) is 2.80. The number of hydrogen-bond donors (Lipinski definition) is 0. The van der Waals surface area contributed by atoms with Crippen LogP contribution in [0.2, 0.25) is 0 Å². The second-order valence-corrected chi connectivity index (χ2v) is 5.00. The molecule has 22 heavy (non-hydrogen) atoms. The molecule has 5 heteroatoms. The fraction of sp³-hybridized carbons (Fsp3) is 0.176. The molecule has 0 aliphatic rings. The molecule has 0 radical (unpaired) electrons. The highest BCUT2D eigenvalue weighted by Gasteiger charge is 2.10. The normalized spacial score (nSPS) is 11.9. The van der Waals surface area contributed by atoms with Gasteiger partial charge in [-0.15, -0.1) is 0 Å². The average Bonchev–Trinajstić information content (AvgIpc) is 2.97. The van der Waals surface area contributed by atoms with Gasteiger partial charge >= 0.3 is 0 Å². The lowest BCUT2D eigenvalue weighted by Gasteiger charge is -2.05. The third-order valence-electron chi connectivity index (χ3n) is 3.40. The molecule has 0 saturated carbocycles. The van der Waals surface area contributed by atoms with Crippen LogP contribution in [-0.2, 0) is 6.61 Å². The maximum atomic E-state index is 8.49. The van der Waals surface area contributed by atoms with Crippen LogP contribution in [0.1, 0.15) is 24.3 Å². The van der Waals surface area contributed by atoms with Crippen LogP contribution < -0.4 is 4.74 Å². The summed E-state index contributed by atoms with van der Waals surface area (Å²) in [5.41, 5.74) is 10.3. The summed E-state index contributed by atoms with van der Waals surface area (Å²) in [6.07, 6.45) is 0. The monoisotopic (exact) mass is 293 g/mol. The Morgan fingerprint density at radius 3 is 2.77 bits per heavy atom. The van der Waals surface area contributed by atoms with Gasteiger partial charge in [-0.3, -0.25) is 0 Å². The number of nitrogens with zero attached hydrogens (tertiary/aromatic N) is 3. The van der Waals surface area contributed by atoms with Crippen molar-refractivity contribution in [2.24, 2.45) is 5.11 Å².